The predicted molar refractivity (Wildman–Crippen MR) is 120 cm³/mol. The van der Waals surface area contributed by atoms with Crippen LogP contribution in [0.15, 0.2) is 89.9 Å². The quantitative estimate of drug-likeness (QED) is 0.437. The molecule has 3 aromatic heterocycles. The zero-order valence-electron chi connectivity index (χ0n) is 17.3. The zero-order valence-corrected chi connectivity index (χ0v) is 17.3. The zero-order chi connectivity index (χ0) is 21.5. The molecular formula is C25H24N4O2. The number of nitrogens with one attached hydrogen (secondary N) is 1. The molecule has 0 bridgehead atoms. The van der Waals surface area contributed by atoms with Crippen molar-refractivity contribution in [2.75, 3.05) is 0 Å². The van der Waals surface area contributed by atoms with Crippen LogP contribution in [0, 0.1) is 0 Å². The molecule has 0 radical (unpaired) electrons. The standard InChI is InChI=1S/C25H24N4O2/c1-19(15-23-10-6-14-31-23)27-24(30)12-11-22-18-29(17-20-7-3-2-4-8-20)28-25(22)21-9-5-13-26-16-21/h2-14,16,18-19H,15,17H2,1H3,(H,27,30). The van der Waals surface area contributed by atoms with Crippen LogP contribution in [0.1, 0.15) is 23.8 Å². The number of hydrogen-bond donors (Lipinski definition) is 1. The number of carbonyl (C=O) groups excluding carboxylic acids is 1. The molecule has 156 valence electrons. The maximum Gasteiger partial charge on any atom is 0.244 e. The Balaban J connectivity index is 1.50. The summed E-state index contributed by atoms with van der Waals surface area (Å²) in [6.45, 7) is 2.60. The molecule has 1 unspecified atom stereocenters. The Morgan fingerprint density at radius 3 is 2.77 bits per heavy atom. The van der Waals surface area contributed by atoms with Gasteiger partial charge in [0.15, 0.2) is 0 Å². The predicted octanol–water partition coefficient (Wildman–Crippen LogP) is 4.35. The van der Waals surface area contributed by atoms with Gasteiger partial charge in [-0.1, -0.05) is 30.3 Å². The molecule has 6 heteroatoms. The van der Waals surface area contributed by atoms with Gasteiger partial charge in [-0.2, -0.15) is 5.10 Å². The second kappa shape index (κ2) is 9.71. The molecular weight excluding hydrogens is 388 g/mol. The maximum absolute atomic E-state index is 12.4. The Bertz CT molecular complexity index is 1130. The lowest BCUT2D eigenvalue weighted by Crippen LogP contribution is -2.32. The molecule has 6 nitrogen and oxygen atoms in total. The summed E-state index contributed by atoms with van der Waals surface area (Å²) in [6.07, 6.45) is 11.1. The molecule has 31 heavy (non-hydrogen) atoms. The third-order valence-corrected chi connectivity index (χ3v) is 4.80. The van der Waals surface area contributed by atoms with Gasteiger partial charge in [0.25, 0.3) is 0 Å². The molecule has 1 aromatic carbocycles. The first-order valence-electron chi connectivity index (χ1n) is 10.2. The fourth-order valence-corrected chi connectivity index (χ4v) is 3.38. The lowest BCUT2D eigenvalue weighted by molar-refractivity contribution is -0.117. The third-order valence-electron chi connectivity index (χ3n) is 4.80. The van der Waals surface area contributed by atoms with E-state index in [1.54, 1.807) is 30.8 Å². The van der Waals surface area contributed by atoms with E-state index in [0.29, 0.717) is 13.0 Å². The number of nitrogens with zero attached hydrogens (tertiary/aromatic N) is 3. The molecule has 4 aromatic rings. The van der Waals surface area contributed by atoms with E-state index in [0.717, 1.165) is 28.1 Å². The van der Waals surface area contributed by atoms with E-state index < -0.39 is 0 Å². The summed E-state index contributed by atoms with van der Waals surface area (Å²) in [6, 6.07) is 17.7. The summed E-state index contributed by atoms with van der Waals surface area (Å²) < 4.78 is 7.23. The number of furan rings is 1. The average molecular weight is 412 g/mol. The van der Waals surface area contributed by atoms with Crippen LogP contribution in [0.25, 0.3) is 17.3 Å². The number of amides is 1. The second-order valence-corrected chi connectivity index (χ2v) is 7.38. The fourth-order valence-electron chi connectivity index (χ4n) is 3.38. The van der Waals surface area contributed by atoms with Crippen LogP contribution in [0.2, 0.25) is 0 Å². The van der Waals surface area contributed by atoms with Crippen molar-refractivity contribution < 1.29 is 9.21 Å². The highest BCUT2D eigenvalue weighted by Crippen LogP contribution is 2.23. The number of hydrogen-bond acceptors (Lipinski definition) is 4. The van der Waals surface area contributed by atoms with Gasteiger partial charge in [0.2, 0.25) is 5.91 Å². The topological polar surface area (TPSA) is 73.0 Å². The van der Waals surface area contributed by atoms with E-state index in [4.69, 9.17) is 9.52 Å². The van der Waals surface area contributed by atoms with Crippen molar-refractivity contribution in [2.24, 2.45) is 0 Å². The summed E-state index contributed by atoms with van der Waals surface area (Å²) in [5, 5.41) is 7.71. The first-order valence-corrected chi connectivity index (χ1v) is 10.2. The number of rotatable bonds is 8. The number of aromatic nitrogens is 3. The Kier molecular flexibility index (Phi) is 6.38. The molecule has 1 N–H and O–H groups in total. The SMILES string of the molecule is CC(Cc1ccco1)NC(=O)C=Cc1cn(Cc2ccccc2)nc1-c1cccnc1. The van der Waals surface area contributed by atoms with Crippen molar-refractivity contribution in [1.82, 2.24) is 20.1 Å². The minimum atomic E-state index is -0.160. The van der Waals surface area contributed by atoms with Gasteiger partial charge < -0.3 is 9.73 Å². The molecule has 0 saturated heterocycles. The van der Waals surface area contributed by atoms with E-state index in [1.807, 2.05) is 60.3 Å². The highest BCUT2D eigenvalue weighted by atomic mass is 16.3. The highest BCUT2D eigenvalue weighted by molar-refractivity contribution is 5.92. The van der Waals surface area contributed by atoms with Crippen molar-refractivity contribution in [3.05, 3.63) is 102 Å². The summed E-state index contributed by atoms with van der Waals surface area (Å²) in [7, 11) is 0. The molecule has 0 aliphatic heterocycles. The number of pyridine rings is 1. The lowest BCUT2D eigenvalue weighted by Gasteiger charge is -2.10. The molecule has 1 amide bonds. The Hall–Kier alpha value is -3.93. The van der Waals surface area contributed by atoms with Crippen LogP contribution in [-0.4, -0.2) is 26.7 Å². The second-order valence-electron chi connectivity index (χ2n) is 7.38. The molecule has 1 atom stereocenters. The van der Waals surface area contributed by atoms with Crippen LogP contribution in [0.5, 0.6) is 0 Å². The third kappa shape index (κ3) is 5.57. The van der Waals surface area contributed by atoms with Gasteiger partial charge in [0, 0.05) is 48.3 Å². The smallest absolute Gasteiger partial charge is 0.244 e. The highest BCUT2D eigenvalue weighted by Gasteiger charge is 2.12. The van der Waals surface area contributed by atoms with Gasteiger partial charge in [-0.25, -0.2) is 0 Å². The fraction of sp³-hybridized carbons (Fsp3) is 0.160. The van der Waals surface area contributed by atoms with Crippen molar-refractivity contribution >= 4 is 12.0 Å². The van der Waals surface area contributed by atoms with Crippen LogP contribution in [0.3, 0.4) is 0 Å². The lowest BCUT2D eigenvalue weighted by atomic mass is 10.1. The van der Waals surface area contributed by atoms with Crippen molar-refractivity contribution in [2.45, 2.75) is 25.9 Å². The average Bonchev–Trinajstić information content (AvgIpc) is 3.43. The van der Waals surface area contributed by atoms with Crippen molar-refractivity contribution in [3.63, 3.8) is 0 Å². The van der Waals surface area contributed by atoms with Gasteiger partial charge in [0.1, 0.15) is 11.5 Å². The molecule has 0 fully saturated rings. The Morgan fingerprint density at radius 1 is 1.16 bits per heavy atom. The first-order chi connectivity index (χ1) is 15.2. The van der Waals surface area contributed by atoms with E-state index >= 15 is 0 Å². The minimum Gasteiger partial charge on any atom is -0.469 e. The van der Waals surface area contributed by atoms with Gasteiger partial charge in [-0.15, -0.1) is 0 Å². The summed E-state index contributed by atoms with van der Waals surface area (Å²) in [4.78, 5) is 16.6. The van der Waals surface area contributed by atoms with E-state index in [2.05, 4.69) is 22.4 Å². The molecule has 4 rings (SSSR count). The Labute approximate surface area is 181 Å². The minimum absolute atomic E-state index is 0.0399. The summed E-state index contributed by atoms with van der Waals surface area (Å²) >= 11 is 0. The monoisotopic (exact) mass is 412 g/mol. The number of carbonyl (C=O) groups is 1. The summed E-state index contributed by atoms with van der Waals surface area (Å²) in [5.41, 5.74) is 3.71. The normalized spacial score (nSPS) is 12.2. The molecule has 0 spiro atoms. The van der Waals surface area contributed by atoms with Gasteiger partial charge in [-0.3, -0.25) is 14.5 Å². The van der Waals surface area contributed by atoms with Crippen LogP contribution in [-0.2, 0) is 17.8 Å². The Morgan fingerprint density at radius 2 is 2.03 bits per heavy atom. The van der Waals surface area contributed by atoms with E-state index in [-0.39, 0.29) is 11.9 Å². The van der Waals surface area contributed by atoms with E-state index in [1.165, 1.54) is 0 Å². The van der Waals surface area contributed by atoms with Crippen molar-refractivity contribution in [1.29, 1.82) is 0 Å². The van der Waals surface area contributed by atoms with Gasteiger partial charge in [0.05, 0.1) is 12.8 Å². The largest absolute Gasteiger partial charge is 0.469 e. The van der Waals surface area contributed by atoms with Gasteiger partial charge in [-0.05, 0) is 42.8 Å². The molecule has 0 saturated carbocycles. The molecule has 0 aliphatic rings. The van der Waals surface area contributed by atoms with E-state index in [9.17, 15) is 4.79 Å². The molecule has 3 heterocycles. The van der Waals surface area contributed by atoms with Gasteiger partial charge >= 0.3 is 0 Å². The number of benzene rings is 1. The molecule has 0 aliphatic carbocycles. The van der Waals surface area contributed by atoms with Crippen LogP contribution < -0.4 is 5.32 Å². The summed E-state index contributed by atoms with van der Waals surface area (Å²) in [5.74, 6) is 0.685. The van der Waals surface area contributed by atoms with Crippen molar-refractivity contribution in [3.8, 4) is 11.3 Å². The van der Waals surface area contributed by atoms with Crippen LogP contribution >= 0.6 is 0 Å². The maximum atomic E-state index is 12.4. The first kappa shape index (κ1) is 20.3. The van der Waals surface area contributed by atoms with Crippen LogP contribution in [0.4, 0.5) is 0 Å².